The highest BCUT2D eigenvalue weighted by Gasteiger charge is 2.28. The lowest BCUT2D eigenvalue weighted by Crippen LogP contribution is -2.49. The first-order valence-electron chi connectivity index (χ1n) is 11.4. The summed E-state index contributed by atoms with van der Waals surface area (Å²) in [5, 5.41) is 14.6. The minimum Gasteiger partial charge on any atom is -0.379 e. The van der Waals surface area contributed by atoms with Crippen LogP contribution in [0.15, 0.2) is 42.5 Å². The zero-order valence-corrected chi connectivity index (χ0v) is 19.8. The molecule has 0 unspecified atom stereocenters. The summed E-state index contributed by atoms with van der Waals surface area (Å²) in [5.74, 6) is 0.801. The summed E-state index contributed by atoms with van der Waals surface area (Å²) >= 11 is 0. The lowest BCUT2D eigenvalue weighted by atomic mass is 10.2. The molecule has 4 rings (SSSR count). The van der Waals surface area contributed by atoms with Crippen LogP contribution in [0.3, 0.4) is 0 Å². The van der Waals surface area contributed by atoms with Gasteiger partial charge in [0, 0.05) is 58.4 Å². The van der Waals surface area contributed by atoms with E-state index in [9.17, 15) is 18.5 Å². The average molecular weight is 491 g/mol. The van der Waals surface area contributed by atoms with Crippen molar-refractivity contribution in [1.29, 1.82) is 0 Å². The van der Waals surface area contributed by atoms with Crippen molar-refractivity contribution < 1.29 is 18.1 Å². The zero-order valence-electron chi connectivity index (χ0n) is 19.0. The van der Waals surface area contributed by atoms with E-state index in [0.717, 1.165) is 25.2 Å². The first-order chi connectivity index (χ1) is 16.4. The Morgan fingerprint density at radius 3 is 2.38 bits per heavy atom. The molecule has 0 atom stereocenters. The van der Waals surface area contributed by atoms with Crippen molar-refractivity contribution in [2.45, 2.75) is 5.75 Å². The lowest BCUT2D eigenvalue weighted by Gasteiger charge is -2.34. The number of hydrogen-bond donors (Lipinski definition) is 1. The highest BCUT2D eigenvalue weighted by molar-refractivity contribution is 7.88. The van der Waals surface area contributed by atoms with Gasteiger partial charge >= 0.3 is 5.69 Å². The van der Waals surface area contributed by atoms with Crippen LogP contribution in [-0.2, 0) is 20.5 Å². The highest BCUT2D eigenvalue weighted by atomic mass is 32.2. The number of morpholine rings is 1. The predicted octanol–water partition coefficient (Wildman–Crippen LogP) is 1.39. The summed E-state index contributed by atoms with van der Waals surface area (Å²) in [4.78, 5) is 19.8. The molecule has 0 radical (unpaired) electrons. The molecule has 1 N–H and O–H groups in total. The van der Waals surface area contributed by atoms with Gasteiger partial charge in [-0.3, -0.25) is 15.0 Å². The van der Waals surface area contributed by atoms with Crippen LogP contribution in [0.4, 0.5) is 17.3 Å². The summed E-state index contributed by atoms with van der Waals surface area (Å²) in [5.41, 5.74) is 0.685. The Morgan fingerprint density at radius 2 is 1.71 bits per heavy atom. The van der Waals surface area contributed by atoms with Crippen LogP contribution in [0.1, 0.15) is 5.56 Å². The van der Waals surface area contributed by atoms with Gasteiger partial charge in [-0.25, -0.2) is 13.4 Å². The number of ether oxygens (including phenoxy) is 1. The number of benzene rings is 1. The van der Waals surface area contributed by atoms with Crippen molar-refractivity contribution in [3.05, 3.63) is 58.1 Å². The molecule has 2 aliphatic rings. The number of nitrogens with zero attached hydrogens (tertiary/aromatic N) is 5. The van der Waals surface area contributed by atoms with Gasteiger partial charge in [0.2, 0.25) is 15.8 Å². The predicted molar refractivity (Wildman–Crippen MR) is 129 cm³/mol. The number of anilines is 2. The van der Waals surface area contributed by atoms with Crippen LogP contribution in [-0.4, -0.2) is 93.1 Å². The van der Waals surface area contributed by atoms with Gasteiger partial charge in [-0.1, -0.05) is 30.3 Å². The van der Waals surface area contributed by atoms with Gasteiger partial charge in [-0.05, 0) is 11.6 Å². The fourth-order valence-electron chi connectivity index (χ4n) is 4.12. The van der Waals surface area contributed by atoms with Crippen molar-refractivity contribution in [2.75, 3.05) is 75.8 Å². The smallest absolute Gasteiger partial charge is 0.311 e. The molecule has 0 bridgehead atoms. The largest absolute Gasteiger partial charge is 0.379 e. The molecule has 2 fully saturated rings. The number of aromatic nitrogens is 1. The van der Waals surface area contributed by atoms with Gasteiger partial charge in [0.1, 0.15) is 5.82 Å². The third kappa shape index (κ3) is 6.20. The molecule has 12 heteroatoms. The van der Waals surface area contributed by atoms with Gasteiger partial charge in [-0.2, -0.15) is 4.31 Å². The van der Waals surface area contributed by atoms with Crippen molar-refractivity contribution in [3.63, 3.8) is 0 Å². The normalized spacial score (nSPS) is 18.1. The number of hydrogen-bond acceptors (Lipinski definition) is 9. The maximum absolute atomic E-state index is 12.8. The first-order valence-corrected chi connectivity index (χ1v) is 13.0. The molecule has 2 saturated heterocycles. The Balaban J connectivity index is 1.37. The van der Waals surface area contributed by atoms with Crippen LogP contribution in [0.25, 0.3) is 0 Å². The quantitative estimate of drug-likeness (QED) is 0.410. The highest BCUT2D eigenvalue weighted by Crippen LogP contribution is 2.26. The number of sulfonamides is 1. The minimum atomic E-state index is -3.42. The molecular formula is C22H30N6O5S. The summed E-state index contributed by atoms with van der Waals surface area (Å²) in [6, 6.07) is 12.2. The van der Waals surface area contributed by atoms with E-state index in [2.05, 4.69) is 15.2 Å². The Labute approximate surface area is 199 Å². The molecule has 0 amide bonds. The van der Waals surface area contributed by atoms with Crippen LogP contribution in [0, 0.1) is 10.1 Å². The second-order valence-electron chi connectivity index (χ2n) is 8.30. The molecular weight excluding hydrogens is 460 g/mol. The summed E-state index contributed by atoms with van der Waals surface area (Å²) < 4.78 is 32.5. The lowest BCUT2D eigenvalue weighted by molar-refractivity contribution is -0.384. The third-order valence-electron chi connectivity index (χ3n) is 6.03. The number of pyridine rings is 1. The molecule has 11 nitrogen and oxygen atoms in total. The van der Waals surface area contributed by atoms with Crippen LogP contribution >= 0.6 is 0 Å². The van der Waals surface area contributed by atoms with Gasteiger partial charge in [0.05, 0.1) is 23.9 Å². The van der Waals surface area contributed by atoms with Gasteiger partial charge < -0.3 is 15.0 Å². The molecule has 1 aromatic carbocycles. The molecule has 3 heterocycles. The van der Waals surface area contributed by atoms with Crippen LogP contribution in [0.5, 0.6) is 0 Å². The molecule has 0 saturated carbocycles. The monoisotopic (exact) mass is 490 g/mol. The van der Waals surface area contributed by atoms with Crippen molar-refractivity contribution >= 4 is 27.3 Å². The summed E-state index contributed by atoms with van der Waals surface area (Å²) in [6.45, 7) is 5.96. The second kappa shape index (κ2) is 11.1. The Kier molecular flexibility index (Phi) is 7.93. The fourth-order valence-corrected chi connectivity index (χ4v) is 5.64. The van der Waals surface area contributed by atoms with Gasteiger partial charge in [0.15, 0.2) is 0 Å². The third-order valence-corrected chi connectivity index (χ3v) is 7.88. The SMILES string of the molecule is O=[N+]([O-])c1ccc(N2CCN(S(=O)(=O)Cc3ccccc3)CC2)nc1NCCN1CCOCC1. The van der Waals surface area contributed by atoms with E-state index >= 15 is 0 Å². The molecule has 0 aliphatic carbocycles. The van der Waals surface area contributed by atoms with E-state index in [1.807, 2.05) is 35.2 Å². The Morgan fingerprint density at radius 1 is 1.00 bits per heavy atom. The average Bonchev–Trinajstić information content (AvgIpc) is 2.85. The number of rotatable bonds is 9. The van der Waals surface area contributed by atoms with Crippen LogP contribution in [0.2, 0.25) is 0 Å². The van der Waals surface area contributed by atoms with Crippen molar-refractivity contribution in [2.24, 2.45) is 0 Å². The number of nitro groups is 1. The molecule has 2 aromatic rings. The standard InChI is InChI=1S/C22H30N6O5S/c29-28(30)20-6-7-21(24-22(20)23-8-9-25-14-16-33-17-15-25)26-10-12-27(13-11-26)34(31,32)18-19-4-2-1-3-5-19/h1-7H,8-18H2,(H,23,24). The van der Waals surface area contributed by atoms with E-state index in [-0.39, 0.29) is 17.3 Å². The Bertz CT molecular complexity index is 1070. The van der Waals surface area contributed by atoms with E-state index in [1.54, 1.807) is 6.07 Å². The molecule has 1 aromatic heterocycles. The van der Waals surface area contributed by atoms with Crippen molar-refractivity contribution in [3.8, 4) is 0 Å². The summed E-state index contributed by atoms with van der Waals surface area (Å²) in [6.07, 6.45) is 0. The number of piperazine rings is 1. The topological polar surface area (TPSA) is 121 Å². The minimum absolute atomic E-state index is 0.0270. The number of nitrogens with one attached hydrogen (secondary N) is 1. The van der Waals surface area contributed by atoms with Crippen molar-refractivity contribution in [1.82, 2.24) is 14.2 Å². The fraction of sp³-hybridized carbons (Fsp3) is 0.500. The summed E-state index contributed by atoms with van der Waals surface area (Å²) in [7, 11) is -3.42. The van der Waals surface area contributed by atoms with E-state index < -0.39 is 14.9 Å². The molecule has 34 heavy (non-hydrogen) atoms. The maximum Gasteiger partial charge on any atom is 0.311 e. The van der Waals surface area contributed by atoms with E-state index in [0.29, 0.717) is 51.8 Å². The van der Waals surface area contributed by atoms with Gasteiger partial charge in [0.25, 0.3) is 0 Å². The molecule has 2 aliphatic heterocycles. The maximum atomic E-state index is 12.8. The first kappa shape index (κ1) is 24.3. The molecule has 184 valence electrons. The zero-order chi connectivity index (χ0) is 24.0. The van der Waals surface area contributed by atoms with E-state index in [4.69, 9.17) is 4.74 Å². The van der Waals surface area contributed by atoms with Gasteiger partial charge in [-0.15, -0.1) is 0 Å². The van der Waals surface area contributed by atoms with E-state index in [1.165, 1.54) is 10.4 Å². The Hall–Kier alpha value is -2.80. The molecule has 0 spiro atoms. The second-order valence-corrected chi connectivity index (χ2v) is 10.3. The van der Waals surface area contributed by atoms with Crippen LogP contribution < -0.4 is 10.2 Å².